The fourth-order valence-corrected chi connectivity index (χ4v) is 3.98. The lowest BCUT2D eigenvalue weighted by molar-refractivity contribution is -0.134. The van der Waals surface area contributed by atoms with E-state index >= 15 is 0 Å². The van der Waals surface area contributed by atoms with Crippen molar-refractivity contribution in [2.75, 3.05) is 6.54 Å². The number of piperidine rings is 1. The van der Waals surface area contributed by atoms with Crippen molar-refractivity contribution in [3.8, 4) is 11.3 Å². The lowest BCUT2D eigenvalue weighted by Crippen LogP contribution is -2.40. The molecule has 3 heterocycles. The summed E-state index contributed by atoms with van der Waals surface area (Å²) in [6.45, 7) is 6.38. The molecular formula is C23H25FN4O2. The topological polar surface area (TPSA) is 72.1 Å². The number of aromatic nitrogens is 3. The summed E-state index contributed by atoms with van der Waals surface area (Å²) in [7, 11) is 0. The van der Waals surface area contributed by atoms with E-state index in [9.17, 15) is 9.18 Å². The van der Waals surface area contributed by atoms with Crippen molar-refractivity contribution >= 4 is 5.91 Å². The van der Waals surface area contributed by atoms with E-state index in [1.165, 1.54) is 12.1 Å². The zero-order valence-electron chi connectivity index (χ0n) is 17.5. The molecule has 1 fully saturated rings. The van der Waals surface area contributed by atoms with Crippen molar-refractivity contribution < 1.29 is 13.7 Å². The van der Waals surface area contributed by atoms with E-state index in [1.54, 1.807) is 18.3 Å². The van der Waals surface area contributed by atoms with Crippen LogP contribution in [0.2, 0.25) is 0 Å². The first-order chi connectivity index (χ1) is 14.4. The van der Waals surface area contributed by atoms with Crippen LogP contribution in [0.5, 0.6) is 0 Å². The van der Waals surface area contributed by atoms with Gasteiger partial charge in [-0.25, -0.2) is 14.4 Å². The highest BCUT2D eigenvalue weighted by Gasteiger charge is 2.32. The lowest BCUT2D eigenvalue weighted by atomic mass is 9.94. The molecule has 0 N–H and O–H groups in total. The number of likely N-dealkylation sites (tertiary alicyclic amines) is 1. The van der Waals surface area contributed by atoms with Crippen LogP contribution in [0.1, 0.15) is 53.6 Å². The number of halogens is 1. The Labute approximate surface area is 175 Å². The molecule has 7 heteroatoms. The van der Waals surface area contributed by atoms with E-state index in [-0.39, 0.29) is 24.2 Å². The molecule has 0 aliphatic carbocycles. The molecule has 30 heavy (non-hydrogen) atoms. The van der Waals surface area contributed by atoms with Gasteiger partial charge in [-0.1, -0.05) is 17.3 Å². The maximum atomic E-state index is 13.2. The normalized spacial score (nSPS) is 16.7. The van der Waals surface area contributed by atoms with Crippen LogP contribution >= 0.6 is 0 Å². The second-order valence-electron chi connectivity index (χ2n) is 7.84. The third-order valence-corrected chi connectivity index (χ3v) is 5.75. The molecule has 1 amide bonds. The molecule has 0 radical (unpaired) electrons. The standard InChI is InChI=1S/C23H25FN4O2/c1-14-15(2)27-30-23(14)19-13-25-16(3)26-22(19)20-6-4-5-11-28(20)21(29)12-17-7-9-18(24)10-8-17/h7-10,13,20H,4-6,11-12H2,1-3H3/t20-/m1/s1. The van der Waals surface area contributed by atoms with Crippen LogP contribution in [-0.4, -0.2) is 32.5 Å². The predicted octanol–water partition coefficient (Wildman–Crippen LogP) is 4.49. The summed E-state index contributed by atoms with van der Waals surface area (Å²) < 4.78 is 18.8. The van der Waals surface area contributed by atoms with Gasteiger partial charge in [0.15, 0.2) is 5.76 Å². The number of aryl methyl sites for hydroxylation is 2. The van der Waals surface area contributed by atoms with Gasteiger partial charge >= 0.3 is 0 Å². The monoisotopic (exact) mass is 408 g/mol. The predicted molar refractivity (Wildman–Crippen MR) is 110 cm³/mol. The molecular weight excluding hydrogens is 383 g/mol. The van der Waals surface area contributed by atoms with Gasteiger partial charge in [-0.3, -0.25) is 4.79 Å². The maximum absolute atomic E-state index is 13.2. The summed E-state index contributed by atoms with van der Waals surface area (Å²) >= 11 is 0. The molecule has 3 aromatic rings. The number of rotatable bonds is 4. The Morgan fingerprint density at radius 1 is 1.20 bits per heavy atom. The van der Waals surface area contributed by atoms with Crippen molar-refractivity contribution in [2.45, 2.75) is 52.5 Å². The first kappa shape index (κ1) is 20.2. The largest absolute Gasteiger partial charge is 0.356 e. The fourth-order valence-electron chi connectivity index (χ4n) is 3.98. The molecule has 2 aromatic heterocycles. The van der Waals surface area contributed by atoms with Gasteiger partial charge < -0.3 is 9.42 Å². The van der Waals surface area contributed by atoms with Crippen LogP contribution in [0.4, 0.5) is 4.39 Å². The Kier molecular flexibility index (Phi) is 5.61. The third-order valence-electron chi connectivity index (χ3n) is 5.75. The molecule has 1 atom stereocenters. The number of carbonyl (C=O) groups is 1. The minimum atomic E-state index is -0.305. The fraction of sp³-hybridized carbons (Fsp3) is 0.391. The van der Waals surface area contributed by atoms with Crippen LogP contribution in [0.15, 0.2) is 35.0 Å². The molecule has 0 unspecified atom stereocenters. The highest BCUT2D eigenvalue weighted by atomic mass is 19.1. The molecule has 0 bridgehead atoms. The molecule has 4 rings (SSSR count). The molecule has 1 aliphatic heterocycles. The van der Waals surface area contributed by atoms with Gasteiger partial charge in [-0.15, -0.1) is 0 Å². The molecule has 1 aromatic carbocycles. The number of carbonyl (C=O) groups excluding carboxylic acids is 1. The Hall–Kier alpha value is -3.09. The summed E-state index contributed by atoms with van der Waals surface area (Å²) in [4.78, 5) is 24.2. The van der Waals surface area contributed by atoms with Crippen LogP contribution in [0.25, 0.3) is 11.3 Å². The van der Waals surface area contributed by atoms with Crippen LogP contribution < -0.4 is 0 Å². The van der Waals surface area contributed by atoms with E-state index in [0.717, 1.165) is 47.3 Å². The van der Waals surface area contributed by atoms with Crippen molar-refractivity contribution in [1.82, 2.24) is 20.0 Å². The molecule has 0 saturated carbocycles. The quantitative estimate of drug-likeness (QED) is 0.636. The van der Waals surface area contributed by atoms with Crippen molar-refractivity contribution in [3.63, 3.8) is 0 Å². The molecule has 1 aliphatic rings. The average Bonchev–Trinajstić information content (AvgIpc) is 3.08. The Morgan fingerprint density at radius 2 is 1.97 bits per heavy atom. The first-order valence-electron chi connectivity index (χ1n) is 10.2. The minimum absolute atomic E-state index is 0.0130. The number of hydrogen-bond donors (Lipinski definition) is 0. The van der Waals surface area contributed by atoms with Crippen LogP contribution in [0.3, 0.4) is 0 Å². The zero-order valence-corrected chi connectivity index (χ0v) is 17.5. The summed E-state index contributed by atoms with van der Waals surface area (Å²) in [6.07, 6.45) is 4.79. The molecule has 6 nitrogen and oxygen atoms in total. The number of amides is 1. The smallest absolute Gasteiger partial charge is 0.227 e. The Bertz CT molecular complexity index is 1060. The SMILES string of the molecule is Cc1ncc(-c2onc(C)c2C)c([C@H]2CCCCN2C(=O)Cc2ccc(F)cc2)n1. The highest BCUT2D eigenvalue weighted by Crippen LogP contribution is 2.37. The van der Waals surface area contributed by atoms with E-state index in [4.69, 9.17) is 9.51 Å². The van der Waals surface area contributed by atoms with Crippen LogP contribution in [-0.2, 0) is 11.2 Å². The molecule has 1 saturated heterocycles. The maximum Gasteiger partial charge on any atom is 0.227 e. The van der Waals surface area contributed by atoms with Gasteiger partial charge in [0, 0.05) is 18.3 Å². The van der Waals surface area contributed by atoms with Gasteiger partial charge in [0.2, 0.25) is 5.91 Å². The number of hydrogen-bond acceptors (Lipinski definition) is 5. The number of nitrogens with zero attached hydrogens (tertiary/aromatic N) is 4. The summed E-state index contributed by atoms with van der Waals surface area (Å²) in [6, 6.07) is 5.93. The van der Waals surface area contributed by atoms with Crippen molar-refractivity contribution in [3.05, 3.63) is 64.6 Å². The van der Waals surface area contributed by atoms with Gasteiger partial charge in [0.25, 0.3) is 0 Å². The lowest BCUT2D eigenvalue weighted by Gasteiger charge is -2.36. The summed E-state index contributed by atoms with van der Waals surface area (Å²) in [5, 5.41) is 4.08. The van der Waals surface area contributed by atoms with Crippen LogP contribution in [0, 0.1) is 26.6 Å². The van der Waals surface area contributed by atoms with Gasteiger partial charge in [0.05, 0.1) is 29.4 Å². The minimum Gasteiger partial charge on any atom is -0.356 e. The first-order valence-corrected chi connectivity index (χ1v) is 10.2. The van der Waals surface area contributed by atoms with Crippen molar-refractivity contribution in [2.24, 2.45) is 0 Å². The zero-order chi connectivity index (χ0) is 21.3. The van der Waals surface area contributed by atoms with Gasteiger partial charge in [0.1, 0.15) is 11.6 Å². The van der Waals surface area contributed by atoms with Gasteiger partial charge in [-0.05, 0) is 57.7 Å². The Balaban J connectivity index is 1.69. The highest BCUT2D eigenvalue weighted by molar-refractivity contribution is 5.79. The number of benzene rings is 1. The van der Waals surface area contributed by atoms with E-state index in [2.05, 4.69) is 10.1 Å². The summed E-state index contributed by atoms with van der Waals surface area (Å²) in [5.74, 6) is 1.01. The second-order valence-corrected chi connectivity index (χ2v) is 7.84. The van der Waals surface area contributed by atoms with E-state index in [1.807, 2.05) is 25.7 Å². The summed E-state index contributed by atoms with van der Waals surface area (Å²) in [5.41, 5.74) is 4.15. The Morgan fingerprint density at radius 3 is 2.67 bits per heavy atom. The molecule has 156 valence electrons. The van der Waals surface area contributed by atoms with Gasteiger partial charge in [-0.2, -0.15) is 0 Å². The second kappa shape index (κ2) is 8.34. The van der Waals surface area contributed by atoms with E-state index in [0.29, 0.717) is 18.1 Å². The third kappa shape index (κ3) is 3.97. The average molecular weight is 408 g/mol. The van der Waals surface area contributed by atoms with Crippen molar-refractivity contribution in [1.29, 1.82) is 0 Å². The molecule has 0 spiro atoms. The van der Waals surface area contributed by atoms with E-state index < -0.39 is 0 Å².